The highest BCUT2D eigenvalue weighted by Crippen LogP contribution is 2.33. The highest BCUT2D eigenvalue weighted by molar-refractivity contribution is 8.00. The molecule has 0 aliphatic rings. The predicted octanol–water partition coefficient (Wildman–Crippen LogP) is 5.49. The molecule has 0 unspecified atom stereocenters. The first-order valence-corrected chi connectivity index (χ1v) is 7.54. The monoisotopic (exact) mass is 291 g/mol. The number of halogens is 1. The SMILES string of the molecule is CCN(Sc1ccc(C)cc1)c1cccc(Cl)c1C. The van der Waals surface area contributed by atoms with E-state index in [1.54, 1.807) is 11.9 Å². The highest BCUT2D eigenvalue weighted by Gasteiger charge is 2.11. The fraction of sp³-hybridized carbons (Fsp3) is 0.250. The standard InChI is InChI=1S/C16H18ClNS/c1-4-18(16-7-5-6-15(17)13(16)3)19-14-10-8-12(2)9-11-14/h5-11H,4H2,1-3H3. The Labute approximate surface area is 124 Å². The summed E-state index contributed by atoms with van der Waals surface area (Å²) in [5.41, 5.74) is 3.59. The molecule has 0 heterocycles. The van der Waals surface area contributed by atoms with E-state index in [1.165, 1.54) is 16.1 Å². The minimum atomic E-state index is 0.820. The van der Waals surface area contributed by atoms with Crippen LogP contribution < -0.4 is 4.31 Å². The van der Waals surface area contributed by atoms with E-state index in [4.69, 9.17) is 11.6 Å². The van der Waals surface area contributed by atoms with Crippen LogP contribution >= 0.6 is 23.5 Å². The van der Waals surface area contributed by atoms with Gasteiger partial charge in [0.2, 0.25) is 0 Å². The molecule has 0 saturated heterocycles. The first-order valence-electron chi connectivity index (χ1n) is 6.39. The minimum absolute atomic E-state index is 0.820. The Kier molecular flexibility index (Phi) is 4.78. The second kappa shape index (κ2) is 6.36. The number of aryl methyl sites for hydroxylation is 1. The summed E-state index contributed by atoms with van der Waals surface area (Å²) in [6, 6.07) is 14.6. The molecule has 2 rings (SSSR count). The van der Waals surface area contributed by atoms with Gasteiger partial charge in [-0.25, -0.2) is 0 Å². The quantitative estimate of drug-likeness (QED) is 0.685. The van der Waals surface area contributed by atoms with Crippen LogP contribution in [0.3, 0.4) is 0 Å². The molecular weight excluding hydrogens is 274 g/mol. The van der Waals surface area contributed by atoms with Crippen LogP contribution in [0, 0.1) is 13.8 Å². The van der Waals surface area contributed by atoms with Gasteiger partial charge in [-0.15, -0.1) is 0 Å². The van der Waals surface area contributed by atoms with E-state index in [1.807, 2.05) is 12.1 Å². The Bertz CT molecular complexity index is 551. The average Bonchev–Trinajstić information content (AvgIpc) is 2.42. The van der Waals surface area contributed by atoms with Crippen molar-refractivity contribution in [3.05, 3.63) is 58.6 Å². The molecule has 0 atom stereocenters. The van der Waals surface area contributed by atoms with Crippen molar-refractivity contribution >= 4 is 29.2 Å². The van der Waals surface area contributed by atoms with Gasteiger partial charge in [0.1, 0.15) is 0 Å². The minimum Gasteiger partial charge on any atom is -0.312 e. The number of rotatable bonds is 4. The van der Waals surface area contributed by atoms with Gasteiger partial charge in [0.25, 0.3) is 0 Å². The van der Waals surface area contributed by atoms with Gasteiger partial charge in [-0.1, -0.05) is 35.4 Å². The van der Waals surface area contributed by atoms with E-state index >= 15 is 0 Å². The zero-order valence-electron chi connectivity index (χ0n) is 11.5. The number of benzene rings is 2. The molecule has 0 aromatic heterocycles. The number of nitrogens with zero attached hydrogens (tertiary/aromatic N) is 1. The maximum Gasteiger partial charge on any atom is 0.0517 e. The van der Waals surface area contributed by atoms with E-state index in [-0.39, 0.29) is 0 Å². The van der Waals surface area contributed by atoms with Crippen LogP contribution in [0.5, 0.6) is 0 Å². The molecule has 3 heteroatoms. The second-order valence-corrected chi connectivity index (χ2v) is 5.98. The van der Waals surface area contributed by atoms with Gasteiger partial charge < -0.3 is 4.31 Å². The second-order valence-electron chi connectivity index (χ2n) is 4.48. The van der Waals surface area contributed by atoms with Gasteiger partial charge >= 0.3 is 0 Å². The molecular formula is C16H18ClNS. The highest BCUT2D eigenvalue weighted by atomic mass is 35.5. The van der Waals surface area contributed by atoms with Crippen LogP contribution in [-0.4, -0.2) is 6.54 Å². The number of anilines is 1. The van der Waals surface area contributed by atoms with E-state index < -0.39 is 0 Å². The summed E-state index contributed by atoms with van der Waals surface area (Å²) in [6.45, 7) is 7.25. The molecule has 2 aromatic rings. The van der Waals surface area contributed by atoms with Crippen LogP contribution in [0.15, 0.2) is 47.4 Å². The molecule has 2 aromatic carbocycles. The van der Waals surface area contributed by atoms with Crippen molar-refractivity contribution in [3.63, 3.8) is 0 Å². The van der Waals surface area contributed by atoms with Crippen molar-refractivity contribution < 1.29 is 0 Å². The third kappa shape index (κ3) is 3.46. The zero-order valence-corrected chi connectivity index (χ0v) is 13.1. The summed E-state index contributed by atoms with van der Waals surface area (Å²) in [7, 11) is 0. The first kappa shape index (κ1) is 14.3. The Morgan fingerprint density at radius 1 is 1.05 bits per heavy atom. The van der Waals surface area contributed by atoms with Gasteiger partial charge in [0, 0.05) is 16.5 Å². The molecule has 0 radical (unpaired) electrons. The van der Waals surface area contributed by atoms with Crippen molar-refractivity contribution in [2.75, 3.05) is 10.8 Å². The Hall–Kier alpha value is -1.12. The third-order valence-corrected chi connectivity index (χ3v) is 4.60. The molecule has 19 heavy (non-hydrogen) atoms. The molecule has 0 amide bonds. The Balaban J connectivity index is 2.25. The van der Waals surface area contributed by atoms with E-state index in [2.05, 4.69) is 55.4 Å². The molecule has 0 fully saturated rings. The fourth-order valence-corrected chi connectivity index (χ4v) is 2.98. The smallest absolute Gasteiger partial charge is 0.0517 e. The Morgan fingerprint density at radius 3 is 2.37 bits per heavy atom. The Morgan fingerprint density at radius 2 is 1.74 bits per heavy atom. The van der Waals surface area contributed by atoms with Crippen molar-refractivity contribution in [2.45, 2.75) is 25.7 Å². The zero-order chi connectivity index (χ0) is 13.8. The lowest BCUT2D eigenvalue weighted by molar-refractivity contribution is 1.10. The first-order chi connectivity index (χ1) is 9.11. The maximum absolute atomic E-state index is 6.20. The van der Waals surface area contributed by atoms with Gasteiger partial charge in [-0.3, -0.25) is 0 Å². The van der Waals surface area contributed by atoms with E-state index in [9.17, 15) is 0 Å². The van der Waals surface area contributed by atoms with Crippen molar-refractivity contribution in [1.82, 2.24) is 0 Å². The summed E-state index contributed by atoms with van der Waals surface area (Å²) >= 11 is 7.95. The van der Waals surface area contributed by atoms with E-state index in [0.29, 0.717) is 0 Å². The molecule has 0 saturated carbocycles. The normalized spacial score (nSPS) is 10.5. The maximum atomic E-state index is 6.20. The van der Waals surface area contributed by atoms with Crippen LogP contribution in [0.2, 0.25) is 5.02 Å². The lowest BCUT2D eigenvalue weighted by Gasteiger charge is -2.24. The van der Waals surface area contributed by atoms with Gasteiger partial charge in [0.05, 0.1) is 5.69 Å². The van der Waals surface area contributed by atoms with Crippen molar-refractivity contribution in [1.29, 1.82) is 0 Å². The summed E-state index contributed by atoms with van der Waals surface area (Å²) in [6.07, 6.45) is 0. The largest absolute Gasteiger partial charge is 0.312 e. The van der Waals surface area contributed by atoms with Crippen LogP contribution in [-0.2, 0) is 0 Å². The molecule has 0 aliphatic heterocycles. The predicted molar refractivity (Wildman–Crippen MR) is 86.2 cm³/mol. The van der Waals surface area contributed by atoms with Gasteiger partial charge in [0.15, 0.2) is 0 Å². The fourth-order valence-electron chi connectivity index (χ4n) is 1.88. The lowest BCUT2D eigenvalue weighted by atomic mass is 10.2. The van der Waals surface area contributed by atoms with Gasteiger partial charge in [-0.2, -0.15) is 0 Å². The van der Waals surface area contributed by atoms with Crippen LogP contribution in [0.1, 0.15) is 18.1 Å². The molecule has 1 nitrogen and oxygen atoms in total. The molecule has 0 aliphatic carbocycles. The summed E-state index contributed by atoms with van der Waals surface area (Å²) in [4.78, 5) is 1.24. The molecule has 0 N–H and O–H groups in total. The van der Waals surface area contributed by atoms with Crippen LogP contribution in [0.4, 0.5) is 5.69 Å². The lowest BCUT2D eigenvalue weighted by Crippen LogP contribution is -2.14. The summed E-state index contributed by atoms with van der Waals surface area (Å²) < 4.78 is 2.27. The van der Waals surface area contributed by atoms with E-state index in [0.717, 1.165) is 17.1 Å². The van der Waals surface area contributed by atoms with Crippen LogP contribution in [0.25, 0.3) is 0 Å². The summed E-state index contributed by atoms with van der Waals surface area (Å²) in [5, 5.41) is 0.820. The average molecular weight is 292 g/mol. The van der Waals surface area contributed by atoms with Gasteiger partial charge in [-0.05, 0) is 62.5 Å². The number of hydrogen-bond acceptors (Lipinski definition) is 2. The summed E-state index contributed by atoms with van der Waals surface area (Å²) in [5.74, 6) is 0. The molecule has 0 spiro atoms. The topological polar surface area (TPSA) is 3.24 Å². The molecule has 100 valence electrons. The third-order valence-electron chi connectivity index (χ3n) is 3.03. The molecule has 0 bridgehead atoms. The van der Waals surface area contributed by atoms with Crippen molar-refractivity contribution in [2.24, 2.45) is 0 Å². The van der Waals surface area contributed by atoms with Crippen molar-refractivity contribution in [3.8, 4) is 0 Å². The number of hydrogen-bond donors (Lipinski definition) is 0.